The summed E-state index contributed by atoms with van der Waals surface area (Å²) in [4.78, 5) is 4.95. The topological polar surface area (TPSA) is 68.5 Å². The number of anilines is 2. The Morgan fingerprint density at radius 1 is 0.727 bits per heavy atom. The SMILES string of the molecule is Cc1ccc(-c2ccc(Nc3cc(C)nn3-c3cc(C)c4cc(C)cc(C)c4n3)nn2)cc1. The van der Waals surface area contributed by atoms with Gasteiger partial charge in [0.1, 0.15) is 5.82 Å². The first-order valence-corrected chi connectivity index (χ1v) is 11.0. The molecule has 0 saturated heterocycles. The Balaban J connectivity index is 1.49. The zero-order chi connectivity index (χ0) is 23.1. The summed E-state index contributed by atoms with van der Waals surface area (Å²) in [6.45, 7) is 10.4. The molecular weight excluding hydrogens is 408 g/mol. The van der Waals surface area contributed by atoms with Crippen LogP contribution >= 0.6 is 0 Å². The zero-order valence-corrected chi connectivity index (χ0v) is 19.5. The van der Waals surface area contributed by atoms with Gasteiger partial charge in [-0.25, -0.2) is 4.98 Å². The Labute approximate surface area is 193 Å². The van der Waals surface area contributed by atoms with Crippen molar-refractivity contribution in [2.75, 3.05) is 5.32 Å². The second-order valence-electron chi connectivity index (χ2n) is 8.65. The number of benzene rings is 2. The lowest BCUT2D eigenvalue weighted by atomic mass is 10.0. The Hall–Kier alpha value is -4.06. The highest BCUT2D eigenvalue weighted by Gasteiger charge is 2.13. The molecule has 0 aliphatic heterocycles. The van der Waals surface area contributed by atoms with Gasteiger partial charge in [-0.2, -0.15) is 9.78 Å². The van der Waals surface area contributed by atoms with Gasteiger partial charge in [-0.3, -0.25) is 0 Å². The molecule has 0 atom stereocenters. The van der Waals surface area contributed by atoms with Crippen LogP contribution in [0, 0.1) is 34.6 Å². The fourth-order valence-corrected chi connectivity index (χ4v) is 4.11. The number of aryl methyl sites for hydroxylation is 5. The van der Waals surface area contributed by atoms with E-state index in [0.717, 1.165) is 39.7 Å². The van der Waals surface area contributed by atoms with Gasteiger partial charge in [-0.05, 0) is 70.0 Å². The molecule has 0 saturated carbocycles. The van der Waals surface area contributed by atoms with E-state index >= 15 is 0 Å². The van der Waals surface area contributed by atoms with Crippen LogP contribution in [-0.2, 0) is 0 Å². The highest BCUT2D eigenvalue weighted by atomic mass is 15.4. The lowest BCUT2D eigenvalue weighted by molar-refractivity contribution is 0.841. The van der Waals surface area contributed by atoms with Gasteiger partial charge in [0, 0.05) is 17.0 Å². The summed E-state index contributed by atoms with van der Waals surface area (Å²) < 4.78 is 1.83. The molecule has 0 radical (unpaired) electrons. The quantitative estimate of drug-likeness (QED) is 0.367. The third-order valence-corrected chi connectivity index (χ3v) is 5.76. The van der Waals surface area contributed by atoms with Gasteiger partial charge in [0.05, 0.1) is 16.9 Å². The lowest BCUT2D eigenvalue weighted by Crippen LogP contribution is -2.07. The van der Waals surface area contributed by atoms with Crippen LogP contribution in [-0.4, -0.2) is 25.0 Å². The first kappa shape index (κ1) is 20.8. The van der Waals surface area contributed by atoms with Crippen molar-refractivity contribution in [2.45, 2.75) is 34.6 Å². The van der Waals surface area contributed by atoms with Crippen molar-refractivity contribution in [2.24, 2.45) is 0 Å². The number of nitrogens with zero attached hydrogens (tertiary/aromatic N) is 5. The van der Waals surface area contributed by atoms with Crippen LogP contribution in [0.25, 0.3) is 28.0 Å². The summed E-state index contributed by atoms with van der Waals surface area (Å²) >= 11 is 0. The van der Waals surface area contributed by atoms with Gasteiger partial charge < -0.3 is 5.32 Å². The molecule has 5 rings (SSSR count). The predicted octanol–water partition coefficient (Wildman–Crippen LogP) is 6.16. The molecule has 0 amide bonds. The third-order valence-electron chi connectivity index (χ3n) is 5.76. The van der Waals surface area contributed by atoms with E-state index in [1.165, 1.54) is 22.1 Å². The monoisotopic (exact) mass is 434 g/mol. The average Bonchev–Trinajstić information content (AvgIpc) is 3.15. The third kappa shape index (κ3) is 4.07. The maximum absolute atomic E-state index is 4.95. The van der Waals surface area contributed by atoms with E-state index in [4.69, 9.17) is 4.98 Å². The summed E-state index contributed by atoms with van der Waals surface area (Å²) in [5.74, 6) is 2.21. The van der Waals surface area contributed by atoms with Crippen molar-refractivity contribution in [1.29, 1.82) is 0 Å². The number of aromatic nitrogens is 5. The summed E-state index contributed by atoms with van der Waals surface area (Å²) in [5.41, 5.74) is 8.55. The van der Waals surface area contributed by atoms with Gasteiger partial charge >= 0.3 is 0 Å². The second kappa shape index (κ2) is 8.13. The van der Waals surface area contributed by atoms with Crippen LogP contribution in [0.3, 0.4) is 0 Å². The summed E-state index contributed by atoms with van der Waals surface area (Å²) in [6, 6.07) is 20.6. The first-order chi connectivity index (χ1) is 15.9. The zero-order valence-electron chi connectivity index (χ0n) is 19.5. The normalized spacial score (nSPS) is 11.2. The number of nitrogens with one attached hydrogen (secondary N) is 1. The minimum atomic E-state index is 0.649. The minimum Gasteiger partial charge on any atom is -0.323 e. The van der Waals surface area contributed by atoms with Crippen molar-refractivity contribution < 1.29 is 0 Å². The molecule has 164 valence electrons. The molecule has 0 spiro atoms. The molecule has 0 bridgehead atoms. The van der Waals surface area contributed by atoms with E-state index in [-0.39, 0.29) is 0 Å². The molecule has 0 aliphatic rings. The Morgan fingerprint density at radius 2 is 1.52 bits per heavy atom. The number of rotatable bonds is 4. The van der Waals surface area contributed by atoms with Gasteiger partial charge in [0.2, 0.25) is 0 Å². The maximum Gasteiger partial charge on any atom is 0.156 e. The fraction of sp³-hybridized carbons (Fsp3) is 0.185. The fourth-order valence-electron chi connectivity index (χ4n) is 4.11. The molecule has 0 fully saturated rings. The molecule has 1 N–H and O–H groups in total. The molecule has 33 heavy (non-hydrogen) atoms. The van der Waals surface area contributed by atoms with Crippen LogP contribution in [0.2, 0.25) is 0 Å². The Morgan fingerprint density at radius 3 is 2.24 bits per heavy atom. The molecule has 6 nitrogen and oxygen atoms in total. The molecular formula is C27H26N6. The summed E-state index contributed by atoms with van der Waals surface area (Å²) in [7, 11) is 0. The van der Waals surface area contributed by atoms with Crippen molar-refractivity contribution in [3.8, 4) is 17.1 Å². The van der Waals surface area contributed by atoms with E-state index in [2.05, 4.69) is 90.8 Å². The minimum absolute atomic E-state index is 0.649. The summed E-state index contributed by atoms with van der Waals surface area (Å²) in [6.07, 6.45) is 0. The van der Waals surface area contributed by atoms with Gasteiger partial charge in [0.25, 0.3) is 0 Å². The van der Waals surface area contributed by atoms with Crippen LogP contribution in [0.1, 0.15) is 27.9 Å². The number of hydrogen-bond donors (Lipinski definition) is 1. The van der Waals surface area contributed by atoms with E-state index in [9.17, 15) is 0 Å². The maximum atomic E-state index is 4.95. The predicted molar refractivity (Wildman–Crippen MR) is 133 cm³/mol. The molecule has 6 heteroatoms. The number of pyridine rings is 1. The van der Waals surface area contributed by atoms with E-state index < -0.39 is 0 Å². The molecule has 0 aliphatic carbocycles. The standard InChI is InChI=1S/C27H26N6/c1-16-6-8-21(9-7-16)23-10-11-24(31-30-23)28-26-15-20(5)32-33(26)25-14-18(3)22-13-17(2)12-19(4)27(22)29-25/h6-15H,1-5H3,(H,28,31). The van der Waals surface area contributed by atoms with Crippen LogP contribution in [0.15, 0.2) is 60.7 Å². The first-order valence-electron chi connectivity index (χ1n) is 11.0. The second-order valence-corrected chi connectivity index (χ2v) is 8.65. The van der Waals surface area contributed by atoms with Crippen LogP contribution in [0.5, 0.6) is 0 Å². The number of fused-ring (bicyclic) bond motifs is 1. The van der Waals surface area contributed by atoms with Gasteiger partial charge in [0.15, 0.2) is 11.6 Å². The lowest BCUT2D eigenvalue weighted by Gasteiger charge is -2.12. The average molecular weight is 435 g/mol. The van der Waals surface area contributed by atoms with Crippen molar-refractivity contribution in [1.82, 2.24) is 25.0 Å². The Bertz CT molecular complexity index is 1460. The van der Waals surface area contributed by atoms with E-state index in [1.54, 1.807) is 0 Å². The van der Waals surface area contributed by atoms with Crippen molar-refractivity contribution >= 4 is 22.5 Å². The highest BCUT2D eigenvalue weighted by molar-refractivity contribution is 5.86. The summed E-state index contributed by atoms with van der Waals surface area (Å²) in [5, 5.41) is 18.0. The van der Waals surface area contributed by atoms with Crippen LogP contribution < -0.4 is 5.32 Å². The smallest absolute Gasteiger partial charge is 0.156 e. The van der Waals surface area contributed by atoms with Crippen molar-refractivity contribution in [3.63, 3.8) is 0 Å². The molecule has 0 unspecified atom stereocenters. The van der Waals surface area contributed by atoms with Gasteiger partial charge in [-0.1, -0.05) is 41.5 Å². The highest BCUT2D eigenvalue weighted by Crippen LogP contribution is 2.27. The molecule has 2 aromatic carbocycles. The number of hydrogen-bond acceptors (Lipinski definition) is 5. The van der Waals surface area contributed by atoms with E-state index in [0.29, 0.717) is 5.82 Å². The van der Waals surface area contributed by atoms with Crippen LogP contribution in [0.4, 0.5) is 11.6 Å². The Kier molecular flexibility index (Phi) is 5.13. The molecule has 3 aromatic heterocycles. The van der Waals surface area contributed by atoms with Gasteiger partial charge in [-0.15, -0.1) is 10.2 Å². The molecule has 3 heterocycles. The van der Waals surface area contributed by atoms with E-state index in [1.807, 2.05) is 29.8 Å². The molecule has 5 aromatic rings. The largest absolute Gasteiger partial charge is 0.323 e. The van der Waals surface area contributed by atoms with Crippen molar-refractivity contribution in [3.05, 3.63) is 88.6 Å².